The Labute approximate surface area is 108 Å². The minimum atomic E-state index is -0.703. The zero-order valence-corrected chi connectivity index (χ0v) is 10.2. The van der Waals surface area contributed by atoms with Crippen molar-refractivity contribution in [1.29, 1.82) is 0 Å². The van der Waals surface area contributed by atoms with Crippen LogP contribution in [0.4, 0.5) is 15.8 Å². The maximum Gasteiger partial charge on any atom is 0.271 e. The third kappa shape index (κ3) is 2.41. The van der Waals surface area contributed by atoms with Crippen molar-refractivity contribution in [2.45, 2.75) is 19.3 Å². The first-order chi connectivity index (χ1) is 8.98. The van der Waals surface area contributed by atoms with Gasteiger partial charge < -0.3 is 11.1 Å². The molecule has 102 valence electrons. The van der Waals surface area contributed by atoms with Gasteiger partial charge in [0.1, 0.15) is 5.82 Å². The van der Waals surface area contributed by atoms with E-state index in [1.165, 1.54) is 0 Å². The summed E-state index contributed by atoms with van der Waals surface area (Å²) in [5.41, 5.74) is 4.47. The van der Waals surface area contributed by atoms with Crippen LogP contribution in [0.2, 0.25) is 0 Å². The molecule has 1 aromatic carbocycles. The number of carbonyl (C=O) groups is 1. The number of benzene rings is 1. The van der Waals surface area contributed by atoms with Crippen molar-refractivity contribution in [3.05, 3.63) is 34.1 Å². The molecule has 1 amide bonds. The molecule has 0 heterocycles. The summed E-state index contributed by atoms with van der Waals surface area (Å²) in [6.45, 7) is 0.190. The molecule has 0 saturated heterocycles. The van der Waals surface area contributed by atoms with Crippen LogP contribution in [0, 0.1) is 21.3 Å². The van der Waals surface area contributed by atoms with Gasteiger partial charge in [-0.3, -0.25) is 14.9 Å². The Morgan fingerprint density at radius 3 is 2.68 bits per heavy atom. The van der Waals surface area contributed by atoms with E-state index >= 15 is 0 Å². The third-order valence-electron chi connectivity index (χ3n) is 3.59. The summed E-state index contributed by atoms with van der Waals surface area (Å²) in [6.07, 6.45) is 2.22. The van der Waals surface area contributed by atoms with E-state index in [0.29, 0.717) is 12.8 Å². The van der Waals surface area contributed by atoms with E-state index in [4.69, 9.17) is 5.73 Å². The van der Waals surface area contributed by atoms with Crippen molar-refractivity contribution in [3.63, 3.8) is 0 Å². The van der Waals surface area contributed by atoms with Crippen LogP contribution in [-0.2, 0) is 4.79 Å². The number of nitro benzene ring substituents is 1. The molecule has 0 aromatic heterocycles. The van der Waals surface area contributed by atoms with Gasteiger partial charge in [-0.2, -0.15) is 0 Å². The molecular formula is C12H14FN3O3. The topological polar surface area (TPSA) is 98.3 Å². The average Bonchev–Trinajstić information content (AvgIpc) is 2.31. The monoisotopic (exact) mass is 267 g/mol. The van der Waals surface area contributed by atoms with Crippen molar-refractivity contribution in [3.8, 4) is 0 Å². The number of nitrogens with one attached hydrogen (secondary N) is 1. The second-order valence-electron chi connectivity index (χ2n) is 4.71. The Hall–Kier alpha value is -2.02. The molecule has 0 unspecified atom stereocenters. The van der Waals surface area contributed by atoms with Crippen LogP contribution in [0.5, 0.6) is 0 Å². The molecule has 3 N–H and O–H groups in total. The largest absolute Gasteiger partial charge is 0.329 e. The number of nitrogens with zero attached hydrogens (tertiary/aromatic N) is 1. The molecule has 0 atom stereocenters. The molecule has 1 fully saturated rings. The van der Waals surface area contributed by atoms with Gasteiger partial charge in [-0.15, -0.1) is 0 Å². The minimum Gasteiger partial charge on any atom is -0.329 e. The fraction of sp³-hybridized carbons (Fsp3) is 0.417. The van der Waals surface area contributed by atoms with Crippen LogP contribution in [0.1, 0.15) is 19.3 Å². The first-order valence-corrected chi connectivity index (χ1v) is 5.94. The van der Waals surface area contributed by atoms with E-state index in [1.54, 1.807) is 0 Å². The number of hydrogen-bond acceptors (Lipinski definition) is 4. The number of carbonyl (C=O) groups excluding carboxylic acids is 1. The predicted molar refractivity (Wildman–Crippen MR) is 67.0 cm³/mol. The molecule has 19 heavy (non-hydrogen) atoms. The number of halogens is 1. The maximum atomic E-state index is 13.5. The fourth-order valence-electron chi connectivity index (χ4n) is 2.10. The van der Waals surface area contributed by atoms with Crippen molar-refractivity contribution in [2.75, 3.05) is 11.9 Å². The Bertz CT molecular complexity index is 523. The fourth-order valence-corrected chi connectivity index (χ4v) is 2.10. The summed E-state index contributed by atoms with van der Waals surface area (Å²) >= 11 is 0. The Balaban J connectivity index is 2.21. The molecule has 1 aliphatic carbocycles. The molecule has 0 radical (unpaired) electrons. The van der Waals surface area contributed by atoms with E-state index in [1.807, 2.05) is 0 Å². The third-order valence-corrected chi connectivity index (χ3v) is 3.59. The zero-order chi connectivity index (χ0) is 14.0. The van der Waals surface area contributed by atoms with Gasteiger partial charge in [0.2, 0.25) is 5.91 Å². The summed E-state index contributed by atoms with van der Waals surface area (Å²) < 4.78 is 13.5. The number of amides is 1. The van der Waals surface area contributed by atoms with Crippen LogP contribution < -0.4 is 11.1 Å². The number of rotatable bonds is 4. The second kappa shape index (κ2) is 4.93. The van der Waals surface area contributed by atoms with Crippen LogP contribution in [0.15, 0.2) is 18.2 Å². The van der Waals surface area contributed by atoms with E-state index in [9.17, 15) is 19.3 Å². The van der Waals surface area contributed by atoms with Gasteiger partial charge >= 0.3 is 0 Å². The lowest BCUT2D eigenvalue weighted by Gasteiger charge is -2.39. The zero-order valence-electron chi connectivity index (χ0n) is 10.2. The summed E-state index contributed by atoms with van der Waals surface area (Å²) in [6, 6.07) is 3.02. The van der Waals surface area contributed by atoms with Gasteiger partial charge in [0, 0.05) is 18.7 Å². The van der Waals surface area contributed by atoms with Crippen molar-refractivity contribution >= 4 is 17.3 Å². The lowest BCUT2D eigenvalue weighted by atomic mass is 9.68. The molecule has 1 aromatic rings. The van der Waals surface area contributed by atoms with Gasteiger partial charge in [0.25, 0.3) is 5.69 Å². The van der Waals surface area contributed by atoms with Gasteiger partial charge in [-0.05, 0) is 18.9 Å². The molecule has 2 rings (SSSR count). The van der Waals surface area contributed by atoms with Crippen molar-refractivity contribution in [1.82, 2.24) is 0 Å². The highest BCUT2D eigenvalue weighted by Crippen LogP contribution is 2.41. The maximum absolute atomic E-state index is 13.5. The quantitative estimate of drug-likeness (QED) is 0.642. The molecule has 6 nitrogen and oxygen atoms in total. The highest BCUT2D eigenvalue weighted by atomic mass is 19.1. The normalized spacial score (nSPS) is 16.5. The van der Waals surface area contributed by atoms with Crippen LogP contribution in [-0.4, -0.2) is 17.4 Å². The number of anilines is 1. The summed E-state index contributed by atoms with van der Waals surface area (Å²) in [7, 11) is 0. The van der Waals surface area contributed by atoms with E-state index in [0.717, 1.165) is 24.6 Å². The number of nitrogens with two attached hydrogens (primary N) is 1. The number of nitro groups is 1. The Kier molecular flexibility index (Phi) is 3.48. The lowest BCUT2D eigenvalue weighted by Crippen LogP contribution is -2.47. The molecule has 0 bridgehead atoms. The number of non-ortho nitro benzene ring substituents is 1. The van der Waals surface area contributed by atoms with Crippen molar-refractivity contribution < 1.29 is 14.1 Å². The van der Waals surface area contributed by atoms with E-state index in [2.05, 4.69) is 5.32 Å². The second-order valence-corrected chi connectivity index (χ2v) is 4.71. The van der Waals surface area contributed by atoms with E-state index < -0.39 is 16.2 Å². The molecule has 1 saturated carbocycles. The first kappa shape index (κ1) is 13.4. The van der Waals surface area contributed by atoms with Gasteiger partial charge in [-0.1, -0.05) is 6.42 Å². The lowest BCUT2D eigenvalue weighted by molar-refractivity contribution is -0.384. The Morgan fingerprint density at radius 2 is 2.21 bits per heavy atom. The van der Waals surface area contributed by atoms with Gasteiger partial charge in [0.15, 0.2) is 0 Å². The minimum absolute atomic E-state index is 0.182. The van der Waals surface area contributed by atoms with Crippen LogP contribution in [0.25, 0.3) is 0 Å². The van der Waals surface area contributed by atoms with Crippen molar-refractivity contribution in [2.24, 2.45) is 11.1 Å². The average molecular weight is 267 g/mol. The van der Waals surface area contributed by atoms with Gasteiger partial charge in [0.05, 0.1) is 16.0 Å². The van der Waals surface area contributed by atoms with Gasteiger partial charge in [-0.25, -0.2) is 4.39 Å². The SMILES string of the molecule is NCC1(C(=O)Nc2cc([N+](=O)[O-])ccc2F)CCC1. The van der Waals surface area contributed by atoms with E-state index in [-0.39, 0.29) is 23.8 Å². The van der Waals surface area contributed by atoms with Crippen LogP contribution >= 0.6 is 0 Å². The highest BCUT2D eigenvalue weighted by molar-refractivity contribution is 5.96. The molecule has 0 spiro atoms. The summed E-state index contributed by atoms with van der Waals surface area (Å²) in [4.78, 5) is 22.0. The smallest absolute Gasteiger partial charge is 0.271 e. The summed E-state index contributed by atoms with van der Waals surface area (Å²) in [5, 5.41) is 13.0. The molecule has 1 aliphatic rings. The highest BCUT2D eigenvalue weighted by Gasteiger charge is 2.43. The molecule has 0 aliphatic heterocycles. The standard InChI is InChI=1S/C12H14FN3O3/c13-9-3-2-8(16(18)19)6-10(9)15-11(17)12(7-14)4-1-5-12/h2-3,6H,1,4-5,7,14H2,(H,15,17). The first-order valence-electron chi connectivity index (χ1n) is 5.94. The van der Waals surface area contributed by atoms with Crippen LogP contribution in [0.3, 0.4) is 0 Å². The Morgan fingerprint density at radius 1 is 1.53 bits per heavy atom. The summed E-state index contributed by atoms with van der Waals surface area (Å²) in [5.74, 6) is -1.08. The molecule has 7 heteroatoms. The number of hydrogen-bond donors (Lipinski definition) is 2. The predicted octanol–water partition coefficient (Wildman–Crippen LogP) is 1.80. The molecular weight excluding hydrogens is 253 g/mol.